The number of amides is 1. The Labute approximate surface area is 164 Å². The Balaban J connectivity index is 1.53. The lowest BCUT2D eigenvalue weighted by Gasteiger charge is -2.37. The molecular weight excluding hydrogens is 399 g/mol. The molecule has 3 rings (SSSR count). The molecule has 0 spiro atoms. The van der Waals surface area contributed by atoms with Gasteiger partial charge in [-0.05, 0) is 43.9 Å². The van der Waals surface area contributed by atoms with Crippen LogP contribution in [0.1, 0.15) is 32.1 Å². The Morgan fingerprint density at radius 3 is 2.63 bits per heavy atom. The van der Waals surface area contributed by atoms with E-state index in [1.165, 1.54) is 0 Å². The molecule has 0 aromatic rings. The van der Waals surface area contributed by atoms with E-state index in [0.717, 1.165) is 13.0 Å². The molecule has 27 heavy (non-hydrogen) atoms. The van der Waals surface area contributed by atoms with E-state index >= 15 is 0 Å². The van der Waals surface area contributed by atoms with Gasteiger partial charge in [0, 0.05) is 25.8 Å². The lowest BCUT2D eigenvalue weighted by Crippen LogP contribution is -2.52. The average molecular weight is 427 g/mol. The van der Waals surface area contributed by atoms with Crippen LogP contribution in [0.25, 0.3) is 0 Å². The Morgan fingerprint density at radius 2 is 1.96 bits per heavy atom. The summed E-state index contributed by atoms with van der Waals surface area (Å²) in [5.74, 6) is -1.67. The van der Waals surface area contributed by atoms with E-state index in [1.807, 2.05) is 0 Å². The molecule has 5 unspecified atom stereocenters. The molecular formula is C16H28ClFN4O4S. The zero-order valence-corrected chi connectivity index (χ0v) is 16.7. The number of halogens is 2. The third-order valence-corrected chi connectivity index (χ3v) is 7.46. The molecule has 0 bridgehead atoms. The minimum absolute atomic E-state index is 0.00528. The van der Waals surface area contributed by atoms with Gasteiger partial charge in [0.25, 0.3) is 0 Å². The molecule has 1 amide bonds. The number of ether oxygens (including phenoxy) is 1. The average Bonchev–Trinajstić information content (AvgIpc) is 3.17. The van der Waals surface area contributed by atoms with E-state index in [0.29, 0.717) is 38.9 Å². The standard InChI is InChI=1S/C16H28ClFN4O4S/c17-13-8-11(14-1-4-19-20-14)7-12(15(13)18)16(23)21-22-27(24,25)9-10-2-5-26-6-3-10/h10-15,19-20,22H,1-9H2,(H,21,23). The van der Waals surface area contributed by atoms with Gasteiger partial charge in [-0.1, -0.05) is 0 Å². The van der Waals surface area contributed by atoms with Crippen LogP contribution in [0.4, 0.5) is 4.39 Å². The van der Waals surface area contributed by atoms with Crippen molar-refractivity contribution in [3.05, 3.63) is 0 Å². The van der Waals surface area contributed by atoms with Crippen molar-refractivity contribution >= 4 is 27.5 Å². The topological polar surface area (TPSA) is 109 Å². The third kappa shape index (κ3) is 5.74. The molecule has 5 atom stereocenters. The molecule has 11 heteroatoms. The molecule has 0 radical (unpaired) electrons. The predicted molar refractivity (Wildman–Crippen MR) is 98.9 cm³/mol. The smallest absolute Gasteiger partial charge is 0.241 e. The number of nitrogens with one attached hydrogen (secondary N) is 4. The van der Waals surface area contributed by atoms with Gasteiger partial charge >= 0.3 is 0 Å². The number of hydrogen-bond acceptors (Lipinski definition) is 6. The summed E-state index contributed by atoms with van der Waals surface area (Å²) < 4.78 is 44.1. The van der Waals surface area contributed by atoms with Crippen LogP contribution in [0.15, 0.2) is 0 Å². The van der Waals surface area contributed by atoms with Crippen LogP contribution in [0.3, 0.4) is 0 Å². The predicted octanol–water partition coefficient (Wildman–Crippen LogP) is 0.202. The summed E-state index contributed by atoms with van der Waals surface area (Å²) in [7, 11) is -3.69. The number of sulfonamides is 1. The molecule has 2 saturated heterocycles. The van der Waals surface area contributed by atoms with Gasteiger partial charge in [0.1, 0.15) is 6.17 Å². The lowest BCUT2D eigenvalue weighted by atomic mass is 9.75. The molecule has 0 aromatic heterocycles. The van der Waals surface area contributed by atoms with Gasteiger partial charge in [-0.3, -0.25) is 21.1 Å². The fourth-order valence-electron chi connectivity index (χ4n) is 4.15. The van der Waals surface area contributed by atoms with Crippen LogP contribution in [0.5, 0.6) is 0 Å². The summed E-state index contributed by atoms with van der Waals surface area (Å²) in [5, 5.41) is -0.763. The van der Waals surface area contributed by atoms with E-state index in [2.05, 4.69) is 21.1 Å². The summed E-state index contributed by atoms with van der Waals surface area (Å²) in [6.07, 6.45) is 1.54. The summed E-state index contributed by atoms with van der Waals surface area (Å²) >= 11 is 6.14. The molecule has 2 heterocycles. The lowest BCUT2D eigenvalue weighted by molar-refractivity contribution is -0.129. The van der Waals surface area contributed by atoms with E-state index in [-0.39, 0.29) is 23.6 Å². The van der Waals surface area contributed by atoms with Gasteiger partial charge in [-0.15, -0.1) is 16.4 Å². The van der Waals surface area contributed by atoms with E-state index in [9.17, 15) is 17.6 Å². The van der Waals surface area contributed by atoms with Crippen LogP contribution in [-0.4, -0.2) is 57.4 Å². The van der Waals surface area contributed by atoms with E-state index in [4.69, 9.17) is 16.3 Å². The van der Waals surface area contributed by atoms with Crippen molar-refractivity contribution in [2.75, 3.05) is 25.5 Å². The summed E-state index contributed by atoms with van der Waals surface area (Å²) in [6.45, 7) is 1.90. The molecule has 3 fully saturated rings. The van der Waals surface area contributed by atoms with Crippen LogP contribution in [0.2, 0.25) is 0 Å². The molecule has 4 N–H and O–H groups in total. The van der Waals surface area contributed by atoms with Gasteiger partial charge in [-0.25, -0.2) is 12.8 Å². The van der Waals surface area contributed by atoms with Crippen molar-refractivity contribution < 1.29 is 22.3 Å². The van der Waals surface area contributed by atoms with Crippen molar-refractivity contribution in [2.24, 2.45) is 17.8 Å². The highest BCUT2D eigenvalue weighted by Gasteiger charge is 2.44. The van der Waals surface area contributed by atoms with Gasteiger partial charge in [0.05, 0.1) is 17.0 Å². The normalized spacial score (nSPS) is 35.9. The molecule has 3 aliphatic rings. The minimum Gasteiger partial charge on any atom is -0.381 e. The minimum atomic E-state index is -3.69. The Morgan fingerprint density at radius 1 is 1.22 bits per heavy atom. The Kier molecular flexibility index (Phi) is 7.32. The molecule has 1 aliphatic carbocycles. The molecule has 1 saturated carbocycles. The summed E-state index contributed by atoms with van der Waals surface area (Å²) in [4.78, 5) is 14.6. The highest BCUT2D eigenvalue weighted by Crippen LogP contribution is 2.37. The van der Waals surface area contributed by atoms with Crippen LogP contribution < -0.4 is 21.1 Å². The quantitative estimate of drug-likeness (QED) is 0.357. The number of hydrazine groups is 2. The maximum atomic E-state index is 14.5. The highest BCUT2D eigenvalue weighted by atomic mass is 35.5. The van der Waals surface area contributed by atoms with Crippen molar-refractivity contribution in [3.8, 4) is 0 Å². The Hall–Kier alpha value is -0.520. The van der Waals surface area contributed by atoms with Gasteiger partial charge in [-0.2, -0.15) is 0 Å². The zero-order valence-electron chi connectivity index (χ0n) is 15.1. The first kappa shape index (κ1) is 21.2. The highest BCUT2D eigenvalue weighted by molar-refractivity contribution is 7.89. The van der Waals surface area contributed by atoms with Crippen molar-refractivity contribution in [3.63, 3.8) is 0 Å². The number of carbonyl (C=O) groups is 1. The summed E-state index contributed by atoms with van der Waals surface area (Å²) in [5.41, 5.74) is 8.38. The molecule has 8 nitrogen and oxygen atoms in total. The van der Waals surface area contributed by atoms with Crippen molar-refractivity contribution in [1.82, 2.24) is 21.1 Å². The molecule has 0 aromatic carbocycles. The molecule has 156 valence electrons. The second-order valence-electron chi connectivity index (χ2n) is 7.69. The van der Waals surface area contributed by atoms with E-state index in [1.54, 1.807) is 0 Å². The molecule has 2 aliphatic heterocycles. The van der Waals surface area contributed by atoms with Crippen molar-refractivity contribution in [1.29, 1.82) is 0 Å². The number of alkyl halides is 2. The van der Waals surface area contributed by atoms with Crippen LogP contribution in [-0.2, 0) is 19.6 Å². The zero-order chi connectivity index (χ0) is 19.4. The van der Waals surface area contributed by atoms with E-state index < -0.39 is 33.4 Å². The van der Waals surface area contributed by atoms with Gasteiger partial charge in [0.2, 0.25) is 15.9 Å². The first-order valence-corrected chi connectivity index (χ1v) is 11.6. The number of carbonyl (C=O) groups excluding carboxylic acids is 1. The van der Waals surface area contributed by atoms with Crippen molar-refractivity contribution in [2.45, 2.75) is 49.7 Å². The van der Waals surface area contributed by atoms with Gasteiger partial charge < -0.3 is 4.74 Å². The first-order chi connectivity index (χ1) is 12.9. The van der Waals surface area contributed by atoms with Crippen LogP contribution in [0, 0.1) is 17.8 Å². The summed E-state index contributed by atoms with van der Waals surface area (Å²) in [6, 6.07) is 0.138. The monoisotopic (exact) mass is 426 g/mol. The number of rotatable bonds is 6. The maximum absolute atomic E-state index is 14.5. The van der Waals surface area contributed by atoms with Gasteiger partial charge in [0.15, 0.2) is 0 Å². The van der Waals surface area contributed by atoms with Crippen LogP contribution >= 0.6 is 11.6 Å². The second kappa shape index (κ2) is 9.32. The first-order valence-electron chi connectivity index (χ1n) is 9.49. The third-order valence-electron chi connectivity index (χ3n) is 5.71. The second-order valence-corrected chi connectivity index (χ2v) is 10.0. The SMILES string of the molecule is O=C(NNS(=O)(=O)CC1CCOCC1)C1CC(C2CCNN2)CC(Cl)C1F. The largest absolute Gasteiger partial charge is 0.381 e. The number of hydrogen-bond donors (Lipinski definition) is 4. The Bertz CT molecular complexity index is 614. The maximum Gasteiger partial charge on any atom is 0.241 e. The fourth-order valence-corrected chi connectivity index (χ4v) is 5.84. The fraction of sp³-hybridized carbons (Fsp3) is 0.938.